The van der Waals surface area contributed by atoms with E-state index in [1.54, 1.807) is 24.3 Å². The molecule has 0 aromatic heterocycles. The van der Waals surface area contributed by atoms with Crippen LogP contribution < -0.4 is 10.4 Å². The van der Waals surface area contributed by atoms with E-state index in [9.17, 15) is 23.1 Å². The first-order valence-corrected chi connectivity index (χ1v) is 10.5. The molecule has 0 bridgehead atoms. The second-order valence-electron chi connectivity index (χ2n) is 6.67. The number of hydrogen-bond acceptors (Lipinski definition) is 5. The summed E-state index contributed by atoms with van der Waals surface area (Å²) in [6.45, 7) is 0.995. The zero-order valence-corrected chi connectivity index (χ0v) is 16.0. The molecule has 0 saturated carbocycles. The number of aliphatic carboxylic acids is 1. The van der Waals surface area contributed by atoms with Crippen molar-refractivity contribution in [3.05, 3.63) is 65.7 Å². The average Bonchev–Trinajstić information content (AvgIpc) is 3.24. The number of hydrogen-bond donors (Lipinski definition) is 1. The Kier molecular flexibility index (Phi) is 6.11. The fraction of sp³-hybridized carbons (Fsp3) is 0.300. The van der Waals surface area contributed by atoms with Crippen LogP contribution in [0.15, 0.2) is 59.5 Å². The van der Waals surface area contributed by atoms with Gasteiger partial charge in [-0.05, 0) is 49.1 Å². The maximum atomic E-state index is 12.5. The van der Waals surface area contributed by atoms with Gasteiger partial charge in [0.2, 0.25) is 10.0 Å². The van der Waals surface area contributed by atoms with Gasteiger partial charge in [-0.25, -0.2) is 8.42 Å². The molecule has 0 unspecified atom stereocenters. The third kappa shape index (κ3) is 4.58. The highest BCUT2D eigenvalue weighted by Gasteiger charge is 2.27. The number of benzene rings is 2. The number of rotatable bonds is 7. The summed E-state index contributed by atoms with van der Waals surface area (Å²) in [5.41, 5.74) is 0.934. The third-order valence-corrected chi connectivity index (χ3v) is 6.60. The quantitative estimate of drug-likeness (QED) is 0.730. The highest BCUT2D eigenvalue weighted by molar-refractivity contribution is 7.89. The van der Waals surface area contributed by atoms with Crippen molar-refractivity contribution in [2.75, 3.05) is 13.1 Å². The minimum Gasteiger partial charge on any atom is -0.548 e. The highest BCUT2D eigenvalue weighted by atomic mass is 32.2. The van der Waals surface area contributed by atoms with Crippen molar-refractivity contribution in [3.8, 4) is 0 Å². The van der Waals surface area contributed by atoms with Crippen molar-refractivity contribution in [2.45, 2.75) is 30.2 Å². The summed E-state index contributed by atoms with van der Waals surface area (Å²) in [6, 6.07) is 13.2. The van der Waals surface area contributed by atoms with Gasteiger partial charge in [0.1, 0.15) is 0 Å². The lowest BCUT2D eigenvalue weighted by atomic mass is 10.1. The Morgan fingerprint density at radius 2 is 1.61 bits per heavy atom. The number of carboxylic acids is 1. The van der Waals surface area contributed by atoms with Gasteiger partial charge in [-0.15, -0.1) is 0 Å². The number of amides is 1. The molecule has 0 aliphatic carbocycles. The second kappa shape index (κ2) is 8.53. The summed E-state index contributed by atoms with van der Waals surface area (Å²) in [5.74, 6) is -1.99. The Balaban J connectivity index is 1.70. The van der Waals surface area contributed by atoms with E-state index in [1.165, 1.54) is 28.6 Å². The van der Waals surface area contributed by atoms with Gasteiger partial charge in [0.05, 0.1) is 16.9 Å². The molecule has 1 heterocycles. The average molecular weight is 401 g/mol. The predicted octanol–water partition coefficient (Wildman–Crippen LogP) is 0.562. The molecule has 3 rings (SSSR count). The number of carbonyl (C=O) groups excluding carboxylic acids is 2. The van der Waals surface area contributed by atoms with Crippen LogP contribution in [-0.4, -0.2) is 43.7 Å². The standard InChI is InChI=1S/C20H22N2O5S/c23-19(21-18(20(24)25)14-15-6-2-1-3-7-15)16-8-10-17(11-9-16)28(26,27)22-12-4-5-13-22/h1-3,6-11,18H,4-5,12-14H2,(H,21,23)(H,24,25)/p-1/t18-/m0/s1. The van der Waals surface area contributed by atoms with Crippen molar-refractivity contribution in [1.29, 1.82) is 0 Å². The number of nitrogens with one attached hydrogen (secondary N) is 1. The fourth-order valence-electron chi connectivity index (χ4n) is 3.14. The van der Waals surface area contributed by atoms with E-state index in [4.69, 9.17) is 0 Å². The van der Waals surface area contributed by atoms with Crippen molar-refractivity contribution >= 4 is 21.9 Å². The molecule has 1 N–H and O–H groups in total. The molecule has 0 spiro atoms. The van der Waals surface area contributed by atoms with Crippen LogP contribution in [0.5, 0.6) is 0 Å². The Labute approximate surface area is 164 Å². The van der Waals surface area contributed by atoms with Gasteiger partial charge in [0.15, 0.2) is 0 Å². The number of nitrogens with zero attached hydrogens (tertiary/aromatic N) is 1. The van der Waals surface area contributed by atoms with Gasteiger partial charge in [-0.1, -0.05) is 30.3 Å². The SMILES string of the molecule is O=C(N[C@@H](Cc1ccccc1)C(=O)[O-])c1ccc(S(=O)(=O)N2CCCC2)cc1. The molecule has 2 aromatic rings. The van der Waals surface area contributed by atoms with Gasteiger partial charge in [-0.3, -0.25) is 4.79 Å². The smallest absolute Gasteiger partial charge is 0.251 e. The number of carboxylic acid groups (broad SMARTS) is 1. The second-order valence-corrected chi connectivity index (χ2v) is 8.61. The normalized spacial score (nSPS) is 15.9. The molecule has 8 heteroatoms. The summed E-state index contributed by atoms with van der Waals surface area (Å²) < 4.78 is 26.5. The first kappa shape index (κ1) is 20.0. The lowest BCUT2D eigenvalue weighted by Gasteiger charge is -2.20. The van der Waals surface area contributed by atoms with Crippen LogP contribution in [0, 0.1) is 0 Å². The van der Waals surface area contributed by atoms with Gasteiger partial charge < -0.3 is 15.2 Å². The maximum absolute atomic E-state index is 12.5. The molecule has 1 saturated heterocycles. The maximum Gasteiger partial charge on any atom is 0.251 e. The first-order valence-electron chi connectivity index (χ1n) is 9.04. The van der Waals surface area contributed by atoms with E-state index < -0.39 is 27.9 Å². The van der Waals surface area contributed by atoms with Gasteiger partial charge in [-0.2, -0.15) is 4.31 Å². The van der Waals surface area contributed by atoms with E-state index >= 15 is 0 Å². The molecule has 1 atom stereocenters. The minimum absolute atomic E-state index is 0.0936. The van der Waals surface area contributed by atoms with E-state index in [0.717, 1.165) is 18.4 Å². The van der Waals surface area contributed by atoms with Crippen LogP contribution in [0.2, 0.25) is 0 Å². The van der Waals surface area contributed by atoms with Crippen molar-refractivity contribution < 1.29 is 23.1 Å². The molecule has 1 amide bonds. The van der Waals surface area contributed by atoms with Gasteiger partial charge >= 0.3 is 0 Å². The molecule has 1 fully saturated rings. The molecule has 0 radical (unpaired) electrons. The van der Waals surface area contributed by atoms with E-state index in [1.807, 2.05) is 6.07 Å². The molecule has 7 nitrogen and oxygen atoms in total. The summed E-state index contributed by atoms with van der Waals surface area (Å²) in [4.78, 5) is 23.9. The van der Waals surface area contributed by atoms with E-state index in [-0.39, 0.29) is 16.9 Å². The van der Waals surface area contributed by atoms with Gasteiger partial charge in [0.25, 0.3) is 5.91 Å². The zero-order chi connectivity index (χ0) is 20.1. The Morgan fingerprint density at radius 3 is 2.18 bits per heavy atom. The highest BCUT2D eigenvalue weighted by Crippen LogP contribution is 2.21. The van der Waals surface area contributed by atoms with E-state index in [2.05, 4.69) is 5.32 Å². The summed E-state index contributed by atoms with van der Waals surface area (Å²) in [5, 5.41) is 13.8. The fourth-order valence-corrected chi connectivity index (χ4v) is 4.66. The number of sulfonamides is 1. The lowest BCUT2D eigenvalue weighted by Crippen LogP contribution is -2.49. The molecule has 148 valence electrons. The molecule has 1 aliphatic rings. The van der Waals surface area contributed by atoms with Crippen LogP contribution in [0.3, 0.4) is 0 Å². The van der Waals surface area contributed by atoms with Crippen LogP contribution >= 0.6 is 0 Å². The molecule has 28 heavy (non-hydrogen) atoms. The lowest BCUT2D eigenvalue weighted by molar-refractivity contribution is -0.308. The Bertz CT molecular complexity index is 936. The molecular formula is C20H21N2O5S-. The predicted molar refractivity (Wildman–Crippen MR) is 101 cm³/mol. The van der Waals surface area contributed by atoms with E-state index in [0.29, 0.717) is 13.1 Å². The first-order chi connectivity index (χ1) is 13.4. The molecular weight excluding hydrogens is 380 g/mol. The summed E-state index contributed by atoms with van der Waals surface area (Å²) in [7, 11) is -3.56. The van der Waals surface area contributed by atoms with Crippen LogP contribution in [0.1, 0.15) is 28.8 Å². The minimum atomic E-state index is -3.56. The third-order valence-electron chi connectivity index (χ3n) is 4.69. The topological polar surface area (TPSA) is 107 Å². The van der Waals surface area contributed by atoms with Crippen LogP contribution in [0.4, 0.5) is 0 Å². The van der Waals surface area contributed by atoms with Crippen LogP contribution in [-0.2, 0) is 21.2 Å². The largest absolute Gasteiger partial charge is 0.548 e. The molecule has 2 aromatic carbocycles. The van der Waals surface area contributed by atoms with Crippen molar-refractivity contribution in [1.82, 2.24) is 9.62 Å². The van der Waals surface area contributed by atoms with Gasteiger partial charge in [0, 0.05) is 18.7 Å². The van der Waals surface area contributed by atoms with Crippen molar-refractivity contribution in [2.24, 2.45) is 0 Å². The Hall–Kier alpha value is -2.71. The zero-order valence-electron chi connectivity index (χ0n) is 15.2. The van der Waals surface area contributed by atoms with Crippen LogP contribution in [0.25, 0.3) is 0 Å². The Morgan fingerprint density at radius 1 is 1.00 bits per heavy atom. The number of carbonyl (C=O) groups is 2. The molecule has 1 aliphatic heterocycles. The van der Waals surface area contributed by atoms with Crippen molar-refractivity contribution in [3.63, 3.8) is 0 Å². The monoisotopic (exact) mass is 401 g/mol. The summed E-state index contributed by atoms with van der Waals surface area (Å²) >= 11 is 0. The summed E-state index contributed by atoms with van der Waals surface area (Å²) in [6.07, 6.45) is 1.77.